The molecule has 1 aromatic rings. The summed E-state index contributed by atoms with van der Waals surface area (Å²) in [7, 11) is 0. The number of anilines is 1. The Morgan fingerprint density at radius 1 is 1.33 bits per heavy atom. The van der Waals surface area contributed by atoms with E-state index in [1.165, 1.54) is 13.0 Å². The highest BCUT2D eigenvalue weighted by atomic mass is 35.5. The fraction of sp³-hybridized carbons (Fsp3) is 0.385. The van der Waals surface area contributed by atoms with Gasteiger partial charge in [-0.25, -0.2) is 9.69 Å². The molecule has 1 aromatic carbocycles. The van der Waals surface area contributed by atoms with Gasteiger partial charge in [0.2, 0.25) is 0 Å². The number of amides is 3. The molecule has 1 atom stereocenters. The topological polar surface area (TPSA) is 49.4 Å². The lowest BCUT2D eigenvalue weighted by Crippen LogP contribution is -2.43. The summed E-state index contributed by atoms with van der Waals surface area (Å²) in [5, 5.41) is 1.99. The Kier molecular flexibility index (Phi) is 3.65. The zero-order valence-electron chi connectivity index (χ0n) is 11.2. The van der Waals surface area contributed by atoms with Crippen molar-refractivity contribution in [3.63, 3.8) is 0 Å². The summed E-state index contributed by atoms with van der Waals surface area (Å²) in [5.41, 5.74) is -2.37. The second-order valence-corrected chi connectivity index (χ2v) is 5.33. The zero-order valence-corrected chi connectivity index (χ0v) is 12.0. The predicted octanol–water partition coefficient (Wildman–Crippen LogP) is 3.58. The second-order valence-electron chi connectivity index (χ2n) is 4.92. The Hall–Kier alpha value is -1.76. The van der Waals surface area contributed by atoms with Gasteiger partial charge in [-0.15, -0.1) is 0 Å². The number of carbonyl (C=O) groups excluding carboxylic acids is 2. The van der Waals surface area contributed by atoms with E-state index in [0.29, 0.717) is 17.4 Å². The number of nitrogens with zero attached hydrogens (tertiary/aromatic N) is 1. The molecule has 1 fully saturated rings. The zero-order chi connectivity index (χ0) is 16.0. The molecule has 0 aromatic heterocycles. The van der Waals surface area contributed by atoms with Crippen molar-refractivity contribution >= 4 is 29.2 Å². The minimum atomic E-state index is -4.67. The van der Waals surface area contributed by atoms with E-state index in [1.54, 1.807) is 6.92 Å². The molecule has 0 aliphatic carbocycles. The van der Waals surface area contributed by atoms with E-state index < -0.39 is 34.2 Å². The molecule has 0 radical (unpaired) electrons. The Bertz CT molecular complexity index is 618. The molecule has 1 unspecified atom stereocenters. The number of carbonyl (C=O) groups is 2. The van der Waals surface area contributed by atoms with E-state index in [2.05, 4.69) is 5.32 Å². The molecule has 2 rings (SSSR count). The molecule has 21 heavy (non-hydrogen) atoms. The van der Waals surface area contributed by atoms with Crippen LogP contribution < -0.4 is 10.2 Å². The lowest BCUT2D eigenvalue weighted by atomic mass is 9.99. The first-order chi connectivity index (χ1) is 9.60. The summed E-state index contributed by atoms with van der Waals surface area (Å²) in [6.45, 7) is 3.22. The molecule has 114 valence electrons. The van der Waals surface area contributed by atoms with Crippen molar-refractivity contribution < 1.29 is 22.8 Å². The number of halogens is 4. The third-order valence-corrected chi connectivity index (χ3v) is 3.81. The lowest BCUT2D eigenvalue weighted by Gasteiger charge is -2.20. The number of rotatable bonds is 2. The standard InChI is InChI=1S/C13H12ClF3N2O2/c1-3-12(2)10(20)19(11(21)18-12)7-4-5-9(14)8(6-7)13(15,16)17/h4-6H,3H2,1-2H3,(H,18,21). The highest BCUT2D eigenvalue weighted by Gasteiger charge is 2.47. The maximum absolute atomic E-state index is 12.8. The van der Waals surface area contributed by atoms with E-state index in [4.69, 9.17) is 11.6 Å². The van der Waals surface area contributed by atoms with Gasteiger partial charge >= 0.3 is 12.2 Å². The van der Waals surface area contributed by atoms with Gasteiger partial charge in [0.05, 0.1) is 16.3 Å². The number of hydrogen-bond acceptors (Lipinski definition) is 2. The van der Waals surface area contributed by atoms with Crippen LogP contribution >= 0.6 is 11.6 Å². The number of hydrogen-bond donors (Lipinski definition) is 1. The third kappa shape index (κ3) is 2.57. The number of urea groups is 1. The Balaban J connectivity index is 2.49. The van der Waals surface area contributed by atoms with Gasteiger partial charge < -0.3 is 5.32 Å². The molecular weight excluding hydrogens is 309 g/mol. The van der Waals surface area contributed by atoms with Gasteiger partial charge in [0, 0.05) is 0 Å². The Labute approximate surface area is 123 Å². The van der Waals surface area contributed by atoms with Gasteiger partial charge in [-0.2, -0.15) is 13.2 Å². The number of alkyl halides is 3. The van der Waals surface area contributed by atoms with Gasteiger partial charge in [-0.3, -0.25) is 4.79 Å². The summed E-state index contributed by atoms with van der Waals surface area (Å²) < 4.78 is 38.5. The maximum Gasteiger partial charge on any atom is 0.417 e. The quantitative estimate of drug-likeness (QED) is 0.847. The number of nitrogens with one attached hydrogen (secondary N) is 1. The molecule has 1 N–H and O–H groups in total. The average molecular weight is 321 g/mol. The molecule has 0 bridgehead atoms. The highest BCUT2D eigenvalue weighted by Crippen LogP contribution is 2.38. The minimum Gasteiger partial charge on any atom is -0.323 e. The predicted molar refractivity (Wildman–Crippen MR) is 71.2 cm³/mol. The first-order valence-corrected chi connectivity index (χ1v) is 6.51. The van der Waals surface area contributed by atoms with Gasteiger partial charge in [-0.05, 0) is 31.5 Å². The van der Waals surface area contributed by atoms with Crippen LogP contribution in [-0.2, 0) is 11.0 Å². The van der Waals surface area contributed by atoms with Crippen LogP contribution in [0.4, 0.5) is 23.7 Å². The van der Waals surface area contributed by atoms with Crippen LogP contribution in [0.2, 0.25) is 5.02 Å². The molecule has 0 saturated carbocycles. The smallest absolute Gasteiger partial charge is 0.323 e. The number of benzene rings is 1. The van der Waals surface area contributed by atoms with Gasteiger partial charge in [0.15, 0.2) is 0 Å². The van der Waals surface area contributed by atoms with E-state index in [0.717, 1.165) is 6.07 Å². The van der Waals surface area contributed by atoms with Crippen molar-refractivity contribution in [3.05, 3.63) is 28.8 Å². The van der Waals surface area contributed by atoms with E-state index >= 15 is 0 Å². The van der Waals surface area contributed by atoms with Gasteiger partial charge in [0.25, 0.3) is 5.91 Å². The molecule has 1 aliphatic rings. The van der Waals surface area contributed by atoms with Gasteiger partial charge in [0.1, 0.15) is 5.54 Å². The molecule has 1 saturated heterocycles. The molecule has 3 amide bonds. The van der Waals surface area contributed by atoms with E-state index in [9.17, 15) is 22.8 Å². The van der Waals surface area contributed by atoms with E-state index in [1.807, 2.05) is 0 Å². The van der Waals surface area contributed by atoms with Crippen molar-refractivity contribution in [2.24, 2.45) is 0 Å². The summed E-state index contributed by atoms with van der Waals surface area (Å²) in [6, 6.07) is 2.17. The first kappa shape index (κ1) is 15.6. The highest BCUT2D eigenvalue weighted by molar-refractivity contribution is 6.31. The largest absolute Gasteiger partial charge is 0.417 e. The van der Waals surface area contributed by atoms with Crippen molar-refractivity contribution in [3.8, 4) is 0 Å². The fourth-order valence-corrected chi connectivity index (χ4v) is 2.25. The van der Waals surface area contributed by atoms with Crippen LogP contribution in [0.15, 0.2) is 18.2 Å². The van der Waals surface area contributed by atoms with Crippen molar-refractivity contribution in [1.29, 1.82) is 0 Å². The van der Waals surface area contributed by atoms with Crippen LogP contribution in [0.5, 0.6) is 0 Å². The molecule has 1 heterocycles. The normalized spacial score (nSPS) is 22.7. The second kappa shape index (κ2) is 4.91. The lowest BCUT2D eigenvalue weighted by molar-refractivity contribution is -0.137. The third-order valence-electron chi connectivity index (χ3n) is 3.48. The van der Waals surface area contributed by atoms with Crippen LogP contribution in [-0.4, -0.2) is 17.5 Å². The first-order valence-electron chi connectivity index (χ1n) is 6.13. The van der Waals surface area contributed by atoms with Crippen molar-refractivity contribution in [1.82, 2.24) is 5.32 Å². The molecule has 8 heteroatoms. The molecule has 1 aliphatic heterocycles. The monoisotopic (exact) mass is 320 g/mol. The summed E-state index contributed by atoms with van der Waals surface area (Å²) in [6.07, 6.45) is -4.34. The van der Waals surface area contributed by atoms with Gasteiger partial charge in [-0.1, -0.05) is 18.5 Å². The Morgan fingerprint density at radius 2 is 1.95 bits per heavy atom. The summed E-state index contributed by atoms with van der Waals surface area (Å²) in [4.78, 5) is 24.8. The minimum absolute atomic E-state index is 0.161. The summed E-state index contributed by atoms with van der Waals surface area (Å²) >= 11 is 5.52. The van der Waals surface area contributed by atoms with Crippen molar-refractivity contribution in [2.45, 2.75) is 32.0 Å². The molecular formula is C13H12ClF3N2O2. The average Bonchev–Trinajstić information content (AvgIpc) is 2.61. The van der Waals surface area contributed by atoms with Crippen LogP contribution in [0.3, 0.4) is 0 Å². The Morgan fingerprint density at radius 3 is 2.43 bits per heavy atom. The van der Waals surface area contributed by atoms with Crippen LogP contribution in [0, 0.1) is 0 Å². The van der Waals surface area contributed by atoms with Crippen LogP contribution in [0.25, 0.3) is 0 Å². The van der Waals surface area contributed by atoms with E-state index in [-0.39, 0.29) is 5.69 Å². The molecule has 0 spiro atoms. The number of imide groups is 1. The SMILES string of the molecule is CCC1(C)NC(=O)N(c2ccc(Cl)c(C(F)(F)F)c2)C1=O. The molecule has 4 nitrogen and oxygen atoms in total. The van der Waals surface area contributed by atoms with Crippen molar-refractivity contribution in [2.75, 3.05) is 4.90 Å². The maximum atomic E-state index is 12.8. The fourth-order valence-electron chi connectivity index (χ4n) is 2.03. The summed E-state index contributed by atoms with van der Waals surface area (Å²) in [5.74, 6) is -0.592. The van der Waals surface area contributed by atoms with Crippen LogP contribution in [0.1, 0.15) is 25.8 Å².